The Morgan fingerprint density at radius 2 is 2.29 bits per heavy atom. The molecule has 0 bridgehead atoms. The summed E-state index contributed by atoms with van der Waals surface area (Å²) in [5.41, 5.74) is 2.68. The molecule has 4 nitrogen and oxygen atoms in total. The molecule has 0 radical (unpaired) electrons. The topological polar surface area (TPSA) is 34.6 Å². The van der Waals surface area contributed by atoms with Gasteiger partial charge in [-0.15, -0.1) is 0 Å². The molecular formula is C17H26N2O2. The Kier molecular flexibility index (Phi) is 5.22. The molecule has 1 aromatic rings. The quantitative estimate of drug-likeness (QED) is 0.835. The molecule has 0 saturated carbocycles. The van der Waals surface area contributed by atoms with E-state index in [2.05, 4.69) is 23.0 Å². The molecule has 1 aromatic heterocycles. The fourth-order valence-corrected chi connectivity index (χ4v) is 3.34. The van der Waals surface area contributed by atoms with E-state index in [1.165, 1.54) is 43.4 Å². The molecule has 0 aromatic carbocycles. The Morgan fingerprint density at radius 3 is 3.14 bits per heavy atom. The minimum Gasteiger partial charge on any atom is -0.353 e. The molecule has 0 amide bonds. The van der Waals surface area contributed by atoms with Crippen molar-refractivity contribution >= 4 is 0 Å². The second-order valence-corrected chi connectivity index (χ2v) is 6.10. The third-order valence-corrected chi connectivity index (χ3v) is 4.58. The monoisotopic (exact) mass is 290 g/mol. The second kappa shape index (κ2) is 7.34. The summed E-state index contributed by atoms with van der Waals surface area (Å²) in [6.07, 6.45) is 8.98. The lowest BCUT2D eigenvalue weighted by molar-refractivity contribution is -0.164. The van der Waals surface area contributed by atoms with Gasteiger partial charge < -0.3 is 9.47 Å². The van der Waals surface area contributed by atoms with Crippen molar-refractivity contribution in [3.63, 3.8) is 0 Å². The van der Waals surface area contributed by atoms with E-state index in [1.54, 1.807) is 0 Å². The summed E-state index contributed by atoms with van der Waals surface area (Å²) in [6.45, 7) is 2.51. The van der Waals surface area contributed by atoms with E-state index in [4.69, 9.17) is 9.47 Å². The van der Waals surface area contributed by atoms with Crippen LogP contribution in [0, 0.1) is 0 Å². The molecule has 116 valence electrons. The van der Waals surface area contributed by atoms with E-state index in [-0.39, 0.29) is 6.29 Å². The van der Waals surface area contributed by atoms with Crippen molar-refractivity contribution in [3.05, 3.63) is 29.6 Å². The van der Waals surface area contributed by atoms with Crippen LogP contribution in [0.5, 0.6) is 0 Å². The zero-order valence-corrected chi connectivity index (χ0v) is 13.0. The number of hydrogen-bond acceptors (Lipinski definition) is 4. The summed E-state index contributed by atoms with van der Waals surface area (Å²) in [4.78, 5) is 7.00. The maximum absolute atomic E-state index is 5.85. The molecule has 0 spiro atoms. The maximum Gasteiger partial charge on any atom is 0.157 e. The van der Waals surface area contributed by atoms with Gasteiger partial charge in [-0.2, -0.15) is 0 Å². The first-order chi connectivity index (χ1) is 10.3. The standard InChI is InChI=1S/C17H26N2O2/c1-19(11-13-21-16-9-2-3-12-20-16)15-8-4-6-14-7-5-10-18-17(14)15/h5,7,10,15-16H,2-4,6,8-9,11-13H2,1H3/t15-,16-/m1/s1. The Bertz CT molecular complexity index is 446. The summed E-state index contributed by atoms with van der Waals surface area (Å²) < 4.78 is 11.5. The van der Waals surface area contributed by atoms with E-state index in [1.807, 2.05) is 12.3 Å². The molecule has 4 heteroatoms. The molecule has 3 rings (SSSR count). The van der Waals surface area contributed by atoms with Crippen molar-refractivity contribution < 1.29 is 9.47 Å². The van der Waals surface area contributed by atoms with Gasteiger partial charge in [0.25, 0.3) is 0 Å². The van der Waals surface area contributed by atoms with Crippen LogP contribution < -0.4 is 0 Å². The predicted octanol–water partition coefficient (Wildman–Crippen LogP) is 2.93. The summed E-state index contributed by atoms with van der Waals surface area (Å²) in [6, 6.07) is 4.70. The largest absolute Gasteiger partial charge is 0.353 e. The predicted molar refractivity (Wildman–Crippen MR) is 82.1 cm³/mol. The molecule has 1 aliphatic heterocycles. The van der Waals surface area contributed by atoms with Crippen LogP contribution in [0.25, 0.3) is 0 Å². The van der Waals surface area contributed by atoms with Crippen LogP contribution in [0.2, 0.25) is 0 Å². The summed E-state index contributed by atoms with van der Waals surface area (Å²) >= 11 is 0. The molecule has 2 atom stereocenters. The fourth-order valence-electron chi connectivity index (χ4n) is 3.34. The van der Waals surface area contributed by atoms with Crippen molar-refractivity contribution in [2.24, 2.45) is 0 Å². The van der Waals surface area contributed by atoms with E-state index in [9.17, 15) is 0 Å². The fraction of sp³-hybridized carbons (Fsp3) is 0.706. The number of nitrogens with zero attached hydrogens (tertiary/aromatic N) is 2. The van der Waals surface area contributed by atoms with Crippen molar-refractivity contribution in [1.29, 1.82) is 0 Å². The zero-order valence-electron chi connectivity index (χ0n) is 13.0. The van der Waals surface area contributed by atoms with Crippen LogP contribution in [0.15, 0.2) is 18.3 Å². The Morgan fingerprint density at radius 1 is 1.33 bits per heavy atom. The van der Waals surface area contributed by atoms with Gasteiger partial charge in [0.15, 0.2) is 6.29 Å². The van der Waals surface area contributed by atoms with Gasteiger partial charge in [0.2, 0.25) is 0 Å². The van der Waals surface area contributed by atoms with Gasteiger partial charge in [0, 0.05) is 19.3 Å². The lowest BCUT2D eigenvalue weighted by Crippen LogP contribution is -2.33. The Hall–Kier alpha value is -0.970. The third kappa shape index (κ3) is 3.82. The molecule has 2 aliphatic rings. The number of rotatable bonds is 5. The maximum atomic E-state index is 5.85. The van der Waals surface area contributed by atoms with Crippen LogP contribution in [-0.4, -0.2) is 43.0 Å². The molecule has 0 unspecified atom stereocenters. The molecular weight excluding hydrogens is 264 g/mol. The number of aryl methyl sites for hydroxylation is 1. The van der Waals surface area contributed by atoms with Gasteiger partial charge in [-0.1, -0.05) is 6.07 Å². The Balaban J connectivity index is 1.50. The van der Waals surface area contributed by atoms with Gasteiger partial charge in [0.05, 0.1) is 18.3 Å². The van der Waals surface area contributed by atoms with E-state index >= 15 is 0 Å². The summed E-state index contributed by atoms with van der Waals surface area (Å²) in [7, 11) is 2.18. The highest BCUT2D eigenvalue weighted by atomic mass is 16.7. The van der Waals surface area contributed by atoms with E-state index < -0.39 is 0 Å². The number of ether oxygens (including phenoxy) is 2. The van der Waals surface area contributed by atoms with Crippen LogP contribution in [0.4, 0.5) is 0 Å². The zero-order chi connectivity index (χ0) is 14.5. The van der Waals surface area contributed by atoms with Crippen LogP contribution >= 0.6 is 0 Å². The minimum atomic E-state index is 0.0175. The normalized spacial score (nSPS) is 25.8. The second-order valence-electron chi connectivity index (χ2n) is 6.10. The van der Waals surface area contributed by atoms with Crippen molar-refractivity contribution in [3.8, 4) is 0 Å². The number of fused-ring (bicyclic) bond motifs is 1. The van der Waals surface area contributed by atoms with Crippen LogP contribution in [-0.2, 0) is 15.9 Å². The van der Waals surface area contributed by atoms with E-state index in [0.29, 0.717) is 6.04 Å². The highest BCUT2D eigenvalue weighted by Crippen LogP contribution is 2.31. The highest BCUT2D eigenvalue weighted by Gasteiger charge is 2.24. The number of aromatic nitrogens is 1. The first kappa shape index (κ1) is 14.9. The van der Waals surface area contributed by atoms with Crippen LogP contribution in [0.3, 0.4) is 0 Å². The average Bonchev–Trinajstić information content (AvgIpc) is 2.55. The summed E-state index contributed by atoms with van der Waals surface area (Å²) in [5, 5.41) is 0. The van der Waals surface area contributed by atoms with Gasteiger partial charge >= 0.3 is 0 Å². The average molecular weight is 290 g/mol. The highest BCUT2D eigenvalue weighted by molar-refractivity contribution is 5.25. The first-order valence-corrected chi connectivity index (χ1v) is 8.22. The summed E-state index contributed by atoms with van der Waals surface area (Å²) in [5.74, 6) is 0. The van der Waals surface area contributed by atoms with Gasteiger partial charge in [-0.25, -0.2) is 0 Å². The Labute approximate surface area is 127 Å². The molecule has 0 N–H and O–H groups in total. The molecule has 21 heavy (non-hydrogen) atoms. The van der Waals surface area contributed by atoms with Gasteiger partial charge in [-0.3, -0.25) is 9.88 Å². The van der Waals surface area contributed by atoms with E-state index in [0.717, 1.165) is 26.2 Å². The molecule has 1 fully saturated rings. The third-order valence-electron chi connectivity index (χ3n) is 4.58. The van der Waals surface area contributed by atoms with Crippen molar-refractivity contribution in [1.82, 2.24) is 9.88 Å². The number of likely N-dealkylation sites (N-methyl/N-ethyl adjacent to an activating group) is 1. The first-order valence-electron chi connectivity index (χ1n) is 8.22. The SMILES string of the molecule is CN(CCO[C@@H]1CCCCO1)[C@@H]1CCCc2cccnc21. The molecule has 2 heterocycles. The molecule has 1 aliphatic carbocycles. The van der Waals surface area contributed by atoms with Crippen molar-refractivity contribution in [2.75, 3.05) is 26.8 Å². The van der Waals surface area contributed by atoms with Crippen molar-refractivity contribution in [2.45, 2.75) is 50.9 Å². The van der Waals surface area contributed by atoms with Crippen LogP contribution in [0.1, 0.15) is 49.4 Å². The van der Waals surface area contributed by atoms with Gasteiger partial charge in [0.1, 0.15) is 0 Å². The number of hydrogen-bond donors (Lipinski definition) is 0. The lowest BCUT2D eigenvalue weighted by atomic mass is 9.91. The van der Waals surface area contributed by atoms with Gasteiger partial charge in [-0.05, 0) is 57.2 Å². The minimum absolute atomic E-state index is 0.0175. The molecule has 1 saturated heterocycles. The smallest absolute Gasteiger partial charge is 0.157 e. The lowest BCUT2D eigenvalue weighted by Gasteiger charge is -2.32. The number of pyridine rings is 1.